The first kappa shape index (κ1) is 15.8. The number of carbonyl (C=O) groups is 2. The highest BCUT2D eigenvalue weighted by Gasteiger charge is 2.70. The van der Waals surface area contributed by atoms with Crippen LogP contribution >= 0.6 is 15.9 Å². The van der Waals surface area contributed by atoms with Crippen molar-refractivity contribution >= 4 is 33.5 Å². The number of benzene rings is 1. The molecule has 0 aromatic heterocycles. The fourth-order valence-electron chi connectivity index (χ4n) is 4.62. The van der Waals surface area contributed by atoms with Gasteiger partial charge in [-0.3, -0.25) is 9.59 Å². The van der Waals surface area contributed by atoms with Crippen LogP contribution in [0.25, 0.3) is 0 Å². The van der Waals surface area contributed by atoms with Crippen LogP contribution in [-0.4, -0.2) is 19.0 Å². The molecule has 126 valence electrons. The number of methoxy groups -OCH3 is 1. The van der Waals surface area contributed by atoms with Gasteiger partial charge in [-0.2, -0.15) is 0 Å². The molecule has 3 aliphatic carbocycles. The standard InChI is InChI=1S/C18H17BrFNO3/c1-24-17(23)15-11-4-3-10(18(11)6-7-18)14(15)16(22)21-13-5-2-9(19)8-12(13)20/h2-5,8,10-11,14-15H,6-7H2,1H3,(H,21,22)/t10-,11+,14+,15+/m0/s1. The number of hydrogen-bond donors (Lipinski definition) is 1. The Balaban J connectivity index is 1.63. The van der Waals surface area contributed by atoms with E-state index < -0.39 is 17.7 Å². The van der Waals surface area contributed by atoms with Gasteiger partial charge in [-0.15, -0.1) is 0 Å². The van der Waals surface area contributed by atoms with Gasteiger partial charge in [0.05, 0.1) is 24.6 Å². The van der Waals surface area contributed by atoms with Gasteiger partial charge < -0.3 is 10.1 Å². The average molecular weight is 394 g/mol. The van der Waals surface area contributed by atoms with Crippen LogP contribution in [0.3, 0.4) is 0 Å². The Morgan fingerprint density at radius 2 is 1.92 bits per heavy atom. The van der Waals surface area contributed by atoms with Gasteiger partial charge in [-0.05, 0) is 48.3 Å². The van der Waals surface area contributed by atoms with Crippen molar-refractivity contribution in [1.29, 1.82) is 0 Å². The lowest BCUT2D eigenvalue weighted by Crippen LogP contribution is -2.37. The molecule has 4 atom stereocenters. The quantitative estimate of drug-likeness (QED) is 0.631. The van der Waals surface area contributed by atoms with E-state index in [0.29, 0.717) is 4.47 Å². The maximum Gasteiger partial charge on any atom is 0.310 e. The molecule has 0 unspecified atom stereocenters. The van der Waals surface area contributed by atoms with Crippen molar-refractivity contribution in [2.45, 2.75) is 12.8 Å². The Hall–Kier alpha value is -1.69. The number of esters is 1. The lowest BCUT2D eigenvalue weighted by molar-refractivity contribution is -0.150. The Morgan fingerprint density at radius 1 is 1.25 bits per heavy atom. The second-order valence-corrected chi connectivity index (χ2v) is 7.77. The maximum absolute atomic E-state index is 14.0. The van der Waals surface area contributed by atoms with E-state index in [4.69, 9.17) is 4.74 Å². The largest absolute Gasteiger partial charge is 0.469 e. The zero-order valence-electron chi connectivity index (χ0n) is 13.1. The third-order valence-corrected chi connectivity index (χ3v) is 6.30. The van der Waals surface area contributed by atoms with Crippen LogP contribution in [0.1, 0.15) is 12.8 Å². The summed E-state index contributed by atoms with van der Waals surface area (Å²) < 4.78 is 19.6. The number of amides is 1. The highest BCUT2D eigenvalue weighted by molar-refractivity contribution is 9.10. The van der Waals surface area contributed by atoms with Gasteiger partial charge in [0, 0.05) is 4.47 Å². The number of halogens is 2. The molecular weight excluding hydrogens is 377 g/mol. The molecule has 0 aliphatic heterocycles. The van der Waals surface area contributed by atoms with Crippen molar-refractivity contribution in [2.75, 3.05) is 12.4 Å². The minimum absolute atomic E-state index is 0.0325. The van der Waals surface area contributed by atoms with Crippen LogP contribution in [0.2, 0.25) is 0 Å². The summed E-state index contributed by atoms with van der Waals surface area (Å²) in [6, 6.07) is 4.48. The van der Waals surface area contributed by atoms with Crippen molar-refractivity contribution in [3.05, 3.63) is 40.6 Å². The minimum atomic E-state index is -0.507. The molecule has 1 spiro atoms. The molecule has 1 N–H and O–H groups in total. The lowest BCUT2D eigenvalue weighted by atomic mass is 9.82. The number of allylic oxidation sites excluding steroid dienone is 2. The van der Waals surface area contributed by atoms with E-state index in [1.54, 1.807) is 6.07 Å². The number of anilines is 1. The van der Waals surface area contributed by atoms with Gasteiger partial charge in [0.1, 0.15) is 5.82 Å². The molecule has 2 bridgehead atoms. The predicted molar refractivity (Wildman–Crippen MR) is 89.5 cm³/mol. The molecule has 0 radical (unpaired) electrons. The van der Waals surface area contributed by atoms with E-state index in [1.807, 2.05) is 0 Å². The first-order chi connectivity index (χ1) is 11.5. The first-order valence-electron chi connectivity index (χ1n) is 8.00. The first-order valence-corrected chi connectivity index (χ1v) is 8.79. The van der Waals surface area contributed by atoms with Crippen molar-refractivity contribution in [1.82, 2.24) is 0 Å². The van der Waals surface area contributed by atoms with E-state index in [-0.39, 0.29) is 34.8 Å². The van der Waals surface area contributed by atoms with Crippen molar-refractivity contribution in [2.24, 2.45) is 29.1 Å². The number of ether oxygens (including phenoxy) is 1. The summed E-state index contributed by atoms with van der Waals surface area (Å²) in [5.41, 5.74) is 0.169. The second-order valence-electron chi connectivity index (χ2n) is 6.86. The zero-order valence-corrected chi connectivity index (χ0v) is 14.7. The summed E-state index contributed by atoms with van der Waals surface area (Å²) in [7, 11) is 1.35. The van der Waals surface area contributed by atoms with Gasteiger partial charge in [-0.1, -0.05) is 28.1 Å². The third kappa shape index (κ3) is 2.15. The Morgan fingerprint density at radius 3 is 2.50 bits per heavy atom. The summed E-state index contributed by atoms with van der Waals surface area (Å²) in [6.07, 6.45) is 6.17. The minimum Gasteiger partial charge on any atom is -0.469 e. The summed E-state index contributed by atoms with van der Waals surface area (Å²) >= 11 is 3.19. The molecule has 1 amide bonds. The molecule has 6 heteroatoms. The Kier molecular flexibility index (Phi) is 3.56. The molecule has 0 saturated heterocycles. The molecule has 1 aromatic rings. The predicted octanol–water partition coefficient (Wildman–Crippen LogP) is 3.53. The maximum atomic E-state index is 14.0. The number of hydrogen-bond acceptors (Lipinski definition) is 3. The summed E-state index contributed by atoms with van der Waals surface area (Å²) in [6.45, 7) is 0. The van der Waals surface area contributed by atoms with Gasteiger partial charge in [-0.25, -0.2) is 4.39 Å². The van der Waals surface area contributed by atoms with E-state index in [2.05, 4.69) is 33.4 Å². The average Bonchev–Trinajstić information content (AvgIpc) is 3.22. The number of carbonyl (C=O) groups excluding carboxylic acids is 2. The molecule has 4 nitrogen and oxygen atoms in total. The molecule has 1 aromatic carbocycles. The summed E-state index contributed by atoms with van der Waals surface area (Å²) in [4.78, 5) is 25.1. The Bertz CT molecular complexity index is 759. The Labute approximate surface area is 147 Å². The molecule has 2 fully saturated rings. The second kappa shape index (κ2) is 5.41. The monoisotopic (exact) mass is 393 g/mol. The number of nitrogens with one attached hydrogen (secondary N) is 1. The summed E-state index contributed by atoms with van der Waals surface area (Å²) in [5, 5.41) is 2.66. The fourth-order valence-corrected chi connectivity index (χ4v) is 4.95. The van der Waals surface area contributed by atoms with Crippen LogP contribution in [0.5, 0.6) is 0 Å². The summed E-state index contributed by atoms with van der Waals surface area (Å²) in [5.74, 6) is -2.06. The molecule has 24 heavy (non-hydrogen) atoms. The van der Waals surface area contributed by atoms with Crippen molar-refractivity contribution in [3.8, 4) is 0 Å². The molecule has 3 aliphatic rings. The zero-order chi connectivity index (χ0) is 17.1. The molecule has 4 rings (SSSR count). The normalized spacial score (nSPS) is 31.3. The molecule has 2 saturated carbocycles. The SMILES string of the molecule is COC(=O)[C@H]1[C@H](C(=O)Nc2ccc(Br)cc2F)[C@@H]2C=C[C@H]1C21CC1. The van der Waals surface area contributed by atoms with Gasteiger partial charge in [0.15, 0.2) is 0 Å². The topological polar surface area (TPSA) is 55.4 Å². The smallest absolute Gasteiger partial charge is 0.310 e. The highest BCUT2D eigenvalue weighted by atomic mass is 79.9. The molecular formula is C18H17BrFNO3. The van der Waals surface area contributed by atoms with Crippen molar-refractivity contribution < 1.29 is 18.7 Å². The van der Waals surface area contributed by atoms with E-state index >= 15 is 0 Å². The van der Waals surface area contributed by atoms with Crippen LogP contribution < -0.4 is 5.32 Å². The van der Waals surface area contributed by atoms with E-state index in [0.717, 1.165) is 12.8 Å². The highest BCUT2D eigenvalue weighted by Crippen LogP contribution is 2.72. The fraction of sp³-hybridized carbons (Fsp3) is 0.444. The van der Waals surface area contributed by atoms with Gasteiger partial charge in [0.2, 0.25) is 5.91 Å². The molecule has 0 heterocycles. The van der Waals surface area contributed by atoms with Crippen LogP contribution in [0.4, 0.5) is 10.1 Å². The van der Waals surface area contributed by atoms with E-state index in [9.17, 15) is 14.0 Å². The van der Waals surface area contributed by atoms with Gasteiger partial charge in [0.25, 0.3) is 0 Å². The third-order valence-electron chi connectivity index (χ3n) is 5.81. The van der Waals surface area contributed by atoms with Crippen LogP contribution in [0, 0.1) is 34.9 Å². The number of rotatable bonds is 3. The van der Waals surface area contributed by atoms with Crippen molar-refractivity contribution in [3.63, 3.8) is 0 Å². The van der Waals surface area contributed by atoms with E-state index in [1.165, 1.54) is 19.2 Å². The van der Waals surface area contributed by atoms with Gasteiger partial charge >= 0.3 is 5.97 Å². The lowest BCUT2D eigenvalue weighted by Gasteiger charge is -2.25. The van der Waals surface area contributed by atoms with Crippen LogP contribution in [-0.2, 0) is 14.3 Å². The van der Waals surface area contributed by atoms with Crippen LogP contribution in [0.15, 0.2) is 34.8 Å².